The van der Waals surface area contributed by atoms with Crippen molar-refractivity contribution < 1.29 is 13.2 Å². The zero-order valence-electron chi connectivity index (χ0n) is 12.3. The topological polar surface area (TPSA) is 54.5 Å². The molecule has 0 radical (unpaired) electrons. The lowest BCUT2D eigenvalue weighted by atomic mass is 9.99. The molecule has 0 atom stereocenters. The fourth-order valence-corrected chi connectivity index (χ4v) is 4.31. The molecule has 4 nitrogen and oxygen atoms in total. The maximum Gasteiger partial charge on any atom is 0.264 e. The van der Waals surface area contributed by atoms with Gasteiger partial charge in [-0.3, -0.25) is 9.10 Å². The molecule has 0 bridgehead atoms. The monoisotopic (exact) mass is 315 g/mol. The van der Waals surface area contributed by atoms with E-state index < -0.39 is 10.0 Å². The number of carbonyl (C=O) groups is 1. The van der Waals surface area contributed by atoms with E-state index in [1.807, 2.05) is 6.07 Å². The normalized spacial score (nSPS) is 14.5. The summed E-state index contributed by atoms with van der Waals surface area (Å²) in [6.45, 7) is 1.98. The standard InChI is InChI=1S/C17H17NO3S/c1-13(19)14-9-10-17-15(12-14)6-5-11-18(17)22(20,21)16-7-3-2-4-8-16/h2-4,7-10,12H,5-6,11H2,1H3. The molecule has 3 rings (SSSR count). The summed E-state index contributed by atoms with van der Waals surface area (Å²) >= 11 is 0. The van der Waals surface area contributed by atoms with Crippen molar-refractivity contribution in [1.29, 1.82) is 0 Å². The molecule has 114 valence electrons. The second-order valence-electron chi connectivity index (χ2n) is 5.39. The van der Waals surface area contributed by atoms with Gasteiger partial charge in [-0.25, -0.2) is 8.42 Å². The number of fused-ring (bicyclic) bond motifs is 1. The molecule has 0 spiro atoms. The van der Waals surface area contributed by atoms with Gasteiger partial charge in [0.2, 0.25) is 0 Å². The van der Waals surface area contributed by atoms with Gasteiger partial charge in [0.15, 0.2) is 5.78 Å². The number of benzene rings is 2. The van der Waals surface area contributed by atoms with Crippen molar-refractivity contribution >= 4 is 21.5 Å². The molecule has 0 saturated carbocycles. The Hall–Kier alpha value is -2.14. The Bertz CT molecular complexity index is 813. The summed E-state index contributed by atoms with van der Waals surface area (Å²) in [6, 6.07) is 13.7. The third-order valence-electron chi connectivity index (χ3n) is 3.89. The van der Waals surface area contributed by atoms with Crippen LogP contribution in [0.15, 0.2) is 53.4 Å². The lowest BCUT2D eigenvalue weighted by Gasteiger charge is -2.30. The van der Waals surface area contributed by atoms with E-state index in [4.69, 9.17) is 0 Å². The molecule has 1 heterocycles. The van der Waals surface area contributed by atoms with Crippen molar-refractivity contribution in [2.45, 2.75) is 24.7 Å². The van der Waals surface area contributed by atoms with Crippen LogP contribution in [-0.2, 0) is 16.4 Å². The number of Topliss-reactive ketones (excluding diaryl/α,β-unsaturated/α-hetero) is 1. The molecule has 22 heavy (non-hydrogen) atoms. The Kier molecular flexibility index (Phi) is 3.74. The number of rotatable bonds is 3. The van der Waals surface area contributed by atoms with Crippen molar-refractivity contribution in [3.63, 3.8) is 0 Å². The van der Waals surface area contributed by atoms with E-state index in [-0.39, 0.29) is 5.78 Å². The van der Waals surface area contributed by atoms with Crippen LogP contribution in [0.4, 0.5) is 5.69 Å². The van der Waals surface area contributed by atoms with E-state index in [0.29, 0.717) is 22.7 Å². The van der Waals surface area contributed by atoms with Crippen LogP contribution in [0.5, 0.6) is 0 Å². The van der Waals surface area contributed by atoms with Crippen molar-refractivity contribution in [3.05, 3.63) is 59.7 Å². The van der Waals surface area contributed by atoms with Crippen molar-refractivity contribution in [1.82, 2.24) is 0 Å². The van der Waals surface area contributed by atoms with Crippen molar-refractivity contribution in [2.24, 2.45) is 0 Å². The van der Waals surface area contributed by atoms with Gasteiger partial charge >= 0.3 is 0 Å². The van der Waals surface area contributed by atoms with E-state index >= 15 is 0 Å². The third-order valence-corrected chi connectivity index (χ3v) is 5.72. The maximum absolute atomic E-state index is 12.8. The molecule has 0 fully saturated rings. The largest absolute Gasteiger partial charge is 0.295 e. The van der Waals surface area contributed by atoms with E-state index in [2.05, 4.69) is 0 Å². The highest BCUT2D eigenvalue weighted by atomic mass is 32.2. The van der Waals surface area contributed by atoms with Crippen LogP contribution in [0.25, 0.3) is 0 Å². The lowest BCUT2D eigenvalue weighted by Crippen LogP contribution is -2.35. The number of carbonyl (C=O) groups excluding carboxylic acids is 1. The smallest absolute Gasteiger partial charge is 0.264 e. The molecule has 0 aromatic heterocycles. The summed E-state index contributed by atoms with van der Waals surface area (Å²) in [5, 5.41) is 0. The number of anilines is 1. The first-order valence-electron chi connectivity index (χ1n) is 7.22. The molecular weight excluding hydrogens is 298 g/mol. The molecule has 1 aliphatic heterocycles. The van der Waals surface area contributed by atoms with Gasteiger partial charge in [-0.05, 0) is 55.7 Å². The number of sulfonamides is 1. The van der Waals surface area contributed by atoms with Gasteiger partial charge in [0.1, 0.15) is 0 Å². The summed E-state index contributed by atoms with van der Waals surface area (Å²) < 4.78 is 27.1. The number of aryl methyl sites for hydroxylation is 1. The van der Waals surface area contributed by atoms with Gasteiger partial charge in [-0.1, -0.05) is 18.2 Å². The Morgan fingerprint density at radius 3 is 2.50 bits per heavy atom. The Morgan fingerprint density at radius 1 is 1.09 bits per heavy atom. The first-order chi connectivity index (χ1) is 10.5. The number of hydrogen-bond acceptors (Lipinski definition) is 3. The van der Waals surface area contributed by atoms with Crippen LogP contribution < -0.4 is 4.31 Å². The van der Waals surface area contributed by atoms with Crippen molar-refractivity contribution in [2.75, 3.05) is 10.8 Å². The number of nitrogens with zero attached hydrogens (tertiary/aromatic N) is 1. The third kappa shape index (κ3) is 2.52. The molecule has 1 aliphatic rings. The minimum Gasteiger partial charge on any atom is -0.295 e. The maximum atomic E-state index is 12.8. The molecule has 0 N–H and O–H groups in total. The van der Waals surface area contributed by atoms with Crippen molar-refractivity contribution in [3.8, 4) is 0 Å². The number of hydrogen-bond donors (Lipinski definition) is 0. The molecule has 0 amide bonds. The van der Waals surface area contributed by atoms with Gasteiger partial charge in [0.05, 0.1) is 10.6 Å². The molecule has 0 aliphatic carbocycles. The van der Waals surface area contributed by atoms with E-state index in [0.717, 1.165) is 18.4 Å². The van der Waals surface area contributed by atoms with E-state index in [9.17, 15) is 13.2 Å². The predicted molar refractivity (Wildman–Crippen MR) is 85.7 cm³/mol. The second-order valence-corrected chi connectivity index (χ2v) is 7.26. The summed E-state index contributed by atoms with van der Waals surface area (Å²) in [5.41, 5.74) is 2.22. The first-order valence-corrected chi connectivity index (χ1v) is 8.66. The van der Waals surface area contributed by atoms with E-state index in [1.54, 1.807) is 42.5 Å². The SMILES string of the molecule is CC(=O)c1ccc2c(c1)CCCN2S(=O)(=O)c1ccccc1. The Labute approximate surface area is 130 Å². The van der Waals surface area contributed by atoms with Crippen LogP contribution in [0, 0.1) is 0 Å². The quantitative estimate of drug-likeness (QED) is 0.818. The zero-order valence-corrected chi connectivity index (χ0v) is 13.1. The first kappa shape index (κ1) is 14.8. The second kappa shape index (κ2) is 5.57. The molecular formula is C17H17NO3S. The highest BCUT2D eigenvalue weighted by Gasteiger charge is 2.29. The minimum absolute atomic E-state index is 0.00848. The van der Waals surface area contributed by atoms with Crippen LogP contribution in [-0.4, -0.2) is 20.7 Å². The molecule has 2 aromatic carbocycles. The molecule has 0 unspecified atom stereocenters. The summed E-state index contributed by atoms with van der Waals surface area (Å²) in [7, 11) is -3.56. The van der Waals surface area contributed by atoms with Crippen LogP contribution >= 0.6 is 0 Å². The molecule has 0 saturated heterocycles. The summed E-state index contributed by atoms with van der Waals surface area (Å²) in [5.74, 6) is -0.00848. The van der Waals surface area contributed by atoms with Gasteiger partial charge < -0.3 is 0 Å². The van der Waals surface area contributed by atoms with Gasteiger partial charge in [0.25, 0.3) is 10.0 Å². The highest BCUT2D eigenvalue weighted by molar-refractivity contribution is 7.92. The van der Waals surface area contributed by atoms with Crippen LogP contribution in [0.1, 0.15) is 29.3 Å². The van der Waals surface area contributed by atoms with Gasteiger partial charge in [0, 0.05) is 12.1 Å². The summed E-state index contributed by atoms with van der Waals surface area (Å²) in [6.07, 6.45) is 1.54. The van der Waals surface area contributed by atoms with Crippen LogP contribution in [0.2, 0.25) is 0 Å². The van der Waals surface area contributed by atoms with Gasteiger partial charge in [-0.2, -0.15) is 0 Å². The zero-order chi connectivity index (χ0) is 15.7. The molecule has 2 aromatic rings. The van der Waals surface area contributed by atoms with Gasteiger partial charge in [-0.15, -0.1) is 0 Å². The Morgan fingerprint density at radius 2 is 1.82 bits per heavy atom. The lowest BCUT2D eigenvalue weighted by molar-refractivity contribution is 0.101. The molecule has 5 heteroatoms. The fourth-order valence-electron chi connectivity index (χ4n) is 2.75. The highest BCUT2D eigenvalue weighted by Crippen LogP contribution is 2.32. The fraction of sp³-hybridized carbons (Fsp3) is 0.235. The summed E-state index contributed by atoms with van der Waals surface area (Å²) in [4.78, 5) is 11.8. The number of ketones is 1. The Balaban J connectivity index is 2.07. The average molecular weight is 315 g/mol. The van der Waals surface area contributed by atoms with E-state index in [1.165, 1.54) is 11.2 Å². The predicted octanol–water partition coefficient (Wildman–Crippen LogP) is 3.03. The minimum atomic E-state index is -3.56. The average Bonchev–Trinajstić information content (AvgIpc) is 2.54. The van der Waals surface area contributed by atoms with Crippen LogP contribution in [0.3, 0.4) is 0 Å².